The number of hydrogen-bond acceptors (Lipinski definition) is 4. The Morgan fingerprint density at radius 3 is 1.74 bits per heavy atom. The zero-order valence-corrected chi connectivity index (χ0v) is 17.1. The zero-order chi connectivity index (χ0) is 22.1. The second kappa shape index (κ2) is 10.6. The third kappa shape index (κ3) is 6.17. The molecule has 0 saturated carbocycles. The van der Waals surface area contributed by atoms with Crippen LogP contribution in [0.4, 0.5) is 5.69 Å². The summed E-state index contributed by atoms with van der Waals surface area (Å²) >= 11 is 0. The highest BCUT2D eigenvalue weighted by atomic mass is 16.5. The van der Waals surface area contributed by atoms with Crippen molar-refractivity contribution in [2.75, 3.05) is 11.9 Å². The molecule has 0 aromatic heterocycles. The number of benzene rings is 3. The van der Waals surface area contributed by atoms with Crippen LogP contribution in [0.2, 0.25) is 0 Å². The van der Waals surface area contributed by atoms with E-state index in [1.54, 1.807) is 72.8 Å². The third-order valence-electron chi connectivity index (χ3n) is 4.32. The minimum atomic E-state index is -0.475. The fraction of sp³-hybridized carbons (Fsp3) is 0.125. The van der Waals surface area contributed by atoms with Crippen molar-refractivity contribution in [1.82, 2.24) is 10.9 Å². The summed E-state index contributed by atoms with van der Waals surface area (Å²) in [5.74, 6) is -0.475. The number of ether oxygens (including phenoxy) is 1. The Balaban J connectivity index is 1.51. The summed E-state index contributed by atoms with van der Waals surface area (Å²) in [5.41, 5.74) is 6.57. The zero-order valence-electron chi connectivity index (χ0n) is 17.1. The van der Waals surface area contributed by atoms with Crippen LogP contribution in [0.1, 0.15) is 44.4 Å². The van der Waals surface area contributed by atoms with Crippen molar-refractivity contribution in [3.8, 4) is 5.75 Å². The maximum atomic E-state index is 12.3. The molecule has 0 saturated heterocycles. The average Bonchev–Trinajstić information content (AvgIpc) is 2.82. The molecule has 3 amide bonds. The van der Waals surface area contributed by atoms with Crippen molar-refractivity contribution in [1.29, 1.82) is 0 Å². The average molecular weight is 417 g/mol. The molecule has 0 radical (unpaired) electrons. The van der Waals surface area contributed by atoms with Gasteiger partial charge in [0.05, 0.1) is 6.61 Å². The molecular weight excluding hydrogens is 394 g/mol. The van der Waals surface area contributed by atoms with Gasteiger partial charge < -0.3 is 10.1 Å². The maximum absolute atomic E-state index is 12.3. The van der Waals surface area contributed by atoms with Gasteiger partial charge in [-0.25, -0.2) is 0 Å². The topological polar surface area (TPSA) is 96.5 Å². The molecule has 3 aromatic rings. The summed E-state index contributed by atoms with van der Waals surface area (Å²) in [6.45, 7) is 2.62. The molecule has 7 nitrogen and oxygen atoms in total. The SMILES string of the molecule is CCCOc1ccc(C(=O)NNC(=O)c2ccc(NC(=O)c3ccccc3)cc2)cc1. The Morgan fingerprint density at radius 1 is 0.677 bits per heavy atom. The maximum Gasteiger partial charge on any atom is 0.269 e. The van der Waals surface area contributed by atoms with E-state index in [-0.39, 0.29) is 5.91 Å². The minimum absolute atomic E-state index is 0.240. The van der Waals surface area contributed by atoms with Crippen molar-refractivity contribution >= 4 is 23.4 Å². The number of nitrogens with one attached hydrogen (secondary N) is 3. The monoisotopic (exact) mass is 417 g/mol. The molecular formula is C24H23N3O4. The Hall–Kier alpha value is -4.13. The van der Waals surface area contributed by atoms with Crippen molar-refractivity contribution in [2.24, 2.45) is 0 Å². The van der Waals surface area contributed by atoms with Crippen LogP contribution in [0.3, 0.4) is 0 Å². The van der Waals surface area contributed by atoms with Crippen molar-refractivity contribution in [3.63, 3.8) is 0 Å². The number of hydrazine groups is 1. The van der Waals surface area contributed by atoms with E-state index in [2.05, 4.69) is 16.2 Å². The molecule has 3 N–H and O–H groups in total. The second-order valence-corrected chi connectivity index (χ2v) is 6.68. The number of hydrogen-bond donors (Lipinski definition) is 3. The molecule has 0 heterocycles. The lowest BCUT2D eigenvalue weighted by molar-refractivity contribution is 0.0846. The predicted molar refractivity (Wildman–Crippen MR) is 118 cm³/mol. The van der Waals surface area contributed by atoms with Crippen LogP contribution in [0.15, 0.2) is 78.9 Å². The van der Waals surface area contributed by atoms with Crippen molar-refractivity contribution in [3.05, 3.63) is 95.6 Å². The Bertz CT molecular complexity index is 1030. The molecule has 3 rings (SSSR count). The highest BCUT2D eigenvalue weighted by Gasteiger charge is 2.10. The van der Waals surface area contributed by atoms with E-state index in [0.717, 1.165) is 6.42 Å². The van der Waals surface area contributed by atoms with Crippen LogP contribution >= 0.6 is 0 Å². The lowest BCUT2D eigenvalue weighted by atomic mass is 10.1. The Morgan fingerprint density at radius 2 is 1.19 bits per heavy atom. The quantitative estimate of drug-likeness (QED) is 0.510. The van der Waals surface area contributed by atoms with Gasteiger partial charge in [-0.05, 0) is 67.1 Å². The van der Waals surface area contributed by atoms with Crippen molar-refractivity contribution < 1.29 is 19.1 Å². The molecule has 0 fully saturated rings. The summed E-state index contributed by atoms with van der Waals surface area (Å²) in [7, 11) is 0. The third-order valence-corrected chi connectivity index (χ3v) is 4.32. The van der Waals surface area contributed by atoms with Crippen LogP contribution < -0.4 is 20.9 Å². The first kappa shape index (κ1) is 21.6. The summed E-state index contributed by atoms with van der Waals surface area (Å²) in [5, 5.41) is 2.76. The molecule has 7 heteroatoms. The van der Waals surface area contributed by atoms with Gasteiger partial charge >= 0.3 is 0 Å². The lowest BCUT2D eigenvalue weighted by Crippen LogP contribution is -2.41. The molecule has 31 heavy (non-hydrogen) atoms. The normalized spacial score (nSPS) is 10.1. The van der Waals surface area contributed by atoms with Gasteiger partial charge in [-0.2, -0.15) is 0 Å². The Kier molecular flexibility index (Phi) is 7.37. The fourth-order valence-corrected chi connectivity index (χ4v) is 2.68. The predicted octanol–water partition coefficient (Wildman–Crippen LogP) is 3.80. The number of rotatable bonds is 7. The molecule has 0 atom stereocenters. The van der Waals surface area contributed by atoms with Gasteiger partial charge in [-0.1, -0.05) is 25.1 Å². The number of carbonyl (C=O) groups is 3. The smallest absolute Gasteiger partial charge is 0.269 e. The molecule has 0 unspecified atom stereocenters. The van der Waals surface area contributed by atoms with E-state index in [1.165, 1.54) is 0 Å². The van der Waals surface area contributed by atoms with Gasteiger partial charge in [0.25, 0.3) is 17.7 Å². The number of amides is 3. The highest BCUT2D eigenvalue weighted by molar-refractivity contribution is 6.04. The number of carbonyl (C=O) groups excluding carboxylic acids is 3. The fourth-order valence-electron chi connectivity index (χ4n) is 2.68. The van der Waals surface area contributed by atoms with E-state index in [9.17, 15) is 14.4 Å². The van der Waals surface area contributed by atoms with E-state index in [0.29, 0.717) is 34.7 Å². The molecule has 0 spiro atoms. The minimum Gasteiger partial charge on any atom is -0.494 e. The van der Waals surface area contributed by atoms with Gasteiger partial charge in [-0.3, -0.25) is 25.2 Å². The summed E-state index contributed by atoms with van der Waals surface area (Å²) < 4.78 is 5.48. The van der Waals surface area contributed by atoms with Crippen molar-refractivity contribution in [2.45, 2.75) is 13.3 Å². The molecule has 0 aliphatic heterocycles. The van der Waals surface area contributed by atoms with Gasteiger partial charge in [0.15, 0.2) is 0 Å². The molecule has 0 aliphatic carbocycles. The first-order valence-corrected chi connectivity index (χ1v) is 9.87. The first-order valence-electron chi connectivity index (χ1n) is 9.87. The largest absolute Gasteiger partial charge is 0.494 e. The molecule has 158 valence electrons. The van der Waals surface area contributed by atoms with E-state index in [4.69, 9.17) is 4.74 Å². The highest BCUT2D eigenvalue weighted by Crippen LogP contribution is 2.13. The Labute approximate surface area is 180 Å². The van der Waals surface area contributed by atoms with E-state index in [1.807, 2.05) is 13.0 Å². The first-order chi connectivity index (χ1) is 15.1. The van der Waals surface area contributed by atoms with Gasteiger partial charge in [-0.15, -0.1) is 0 Å². The van der Waals surface area contributed by atoms with E-state index < -0.39 is 11.8 Å². The standard InChI is InChI=1S/C24H23N3O4/c1-2-16-31-21-14-10-19(11-15-21)24(30)27-26-23(29)18-8-12-20(13-9-18)25-22(28)17-6-4-3-5-7-17/h3-15H,2,16H2,1H3,(H,25,28)(H,26,29)(H,27,30). The van der Waals surface area contributed by atoms with Gasteiger partial charge in [0.1, 0.15) is 5.75 Å². The van der Waals surface area contributed by atoms with Crippen LogP contribution in [0, 0.1) is 0 Å². The van der Waals surface area contributed by atoms with Crippen LogP contribution in [-0.4, -0.2) is 24.3 Å². The lowest BCUT2D eigenvalue weighted by Gasteiger charge is -2.09. The summed E-state index contributed by atoms with van der Waals surface area (Å²) in [4.78, 5) is 36.6. The second-order valence-electron chi connectivity index (χ2n) is 6.68. The van der Waals surface area contributed by atoms with Gasteiger partial charge in [0.2, 0.25) is 0 Å². The van der Waals surface area contributed by atoms with E-state index >= 15 is 0 Å². The summed E-state index contributed by atoms with van der Waals surface area (Å²) in [6, 6.07) is 21.8. The summed E-state index contributed by atoms with van der Waals surface area (Å²) in [6.07, 6.45) is 0.897. The molecule has 3 aromatic carbocycles. The number of anilines is 1. The van der Waals surface area contributed by atoms with Crippen LogP contribution in [0.5, 0.6) is 5.75 Å². The van der Waals surface area contributed by atoms with Crippen LogP contribution in [0.25, 0.3) is 0 Å². The van der Waals surface area contributed by atoms with Gasteiger partial charge in [0, 0.05) is 22.4 Å². The molecule has 0 bridgehead atoms. The van der Waals surface area contributed by atoms with Crippen LogP contribution in [-0.2, 0) is 0 Å². The molecule has 0 aliphatic rings.